The van der Waals surface area contributed by atoms with Gasteiger partial charge in [-0.05, 0) is 28.8 Å². The molecule has 0 saturated carbocycles. The van der Waals surface area contributed by atoms with Gasteiger partial charge in [-0.2, -0.15) is 0 Å². The summed E-state index contributed by atoms with van der Waals surface area (Å²) in [4.78, 5) is 3.35. The molecular weight excluding hydrogens is 453 g/mol. The molecule has 3 N–H and O–H groups in total. The number of hydrogen-bond donors (Lipinski definition) is 3. The van der Waals surface area contributed by atoms with Gasteiger partial charge in [-0.3, -0.25) is 0 Å². The molecule has 1 aromatic heterocycles. The third-order valence-electron chi connectivity index (χ3n) is 6.00. The average Bonchev–Trinajstić information content (AvgIpc) is 3.25. The summed E-state index contributed by atoms with van der Waals surface area (Å²) in [5.41, 5.74) is 2.00. The van der Waals surface area contributed by atoms with E-state index in [4.69, 9.17) is 23.2 Å². The largest absolute Gasteiger partial charge is 0.384 e. The van der Waals surface area contributed by atoms with Crippen molar-refractivity contribution in [1.82, 2.24) is 4.98 Å². The summed E-state index contributed by atoms with van der Waals surface area (Å²) in [7, 11) is 0. The van der Waals surface area contributed by atoms with E-state index >= 15 is 0 Å². The highest BCUT2D eigenvalue weighted by Crippen LogP contribution is 2.45. The third kappa shape index (κ3) is 3.73. The Labute approximate surface area is 201 Å². The van der Waals surface area contributed by atoms with Gasteiger partial charge in [0.25, 0.3) is 0 Å². The van der Waals surface area contributed by atoms with E-state index in [-0.39, 0.29) is 0 Å². The quantitative estimate of drug-likeness (QED) is 0.261. The molecule has 5 heteroatoms. The van der Waals surface area contributed by atoms with Crippen LogP contribution in [-0.2, 0) is 5.60 Å². The number of aromatic amines is 1. The number of hydrogen-bond acceptors (Lipinski definition) is 2. The lowest BCUT2D eigenvalue weighted by Gasteiger charge is -2.31. The minimum Gasteiger partial charge on any atom is -0.384 e. The maximum atomic E-state index is 12.4. The Hall–Kier alpha value is -3.08. The molecule has 33 heavy (non-hydrogen) atoms. The molecule has 1 atom stereocenters. The molecule has 0 spiro atoms. The van der Waals surface area contributed by atoms with E-state index in [2.05, 4.69) is 4.98 Å². The molecule has 0 saturated heterocycles. The maximum absolute atomic E-state index is 12.4. The normalized spacial score (nSPS) is 12.7. The smallest absolute Gasteiger partial charge is 0.155 e. The zero-order valence-electron chi connectivity index (χ0n) is 17.5. The van der Waals surface area contributed by atoms with E-state index in [9.17, 15) is 10.2 Å². The van der Waals surface area contributed by atoms with Crippen LogP contribution in [0.4, 0.5) is 0 Å². The van der Waals surface area contributed by atoms with Crippen LogP contribution in [-0.4, -0.2) is 15.2 Å². The first-order valence-electron chi connectivity index (χ1n) is 10.6. The Morgan fingerprint density at radius 1 is 0.727 bits per heavy atom. The van der Waals surface area contributed by atoms with Crippen molar-refractivity contribution in [3.05, 3.63) is 141 Å². The van der Waals surface area contributed by atoms with E-state index in [0.29, 0.717) is 48.9 Å². The fraction of sp³-hybridized carbons (Fsp3) is 0.0714. The fourth-order valence-corrected chi connectivity index (χ4v) is 4.97. The zero-order valence-corrected chi connectivity index (χ0v) is 19.1. The van der Waals surface area contributed by atoms with Gasteiger partial charge in [0.1, 0.15) is 6.10 Å². The van der Waals surface area contributed by atoms with Crippen LogP contribution in [0.5, 0.6) is 0 Å². The third-order valence-corrected chi connectivity index (χ3v) is 6.51. The highest BCUT2D eigenvalue weighted by molar-refractivity contribution is 6.38. The van der Waals surface area contributed by atoms with Crippen molar-refractivity contribution in [2.45, 2.75) is 11.7 Å². The summed E-state index contributed by atoms with van der Waals surface area (Å²) in [6.45, 7) is 0. The summed E-state index contributed by atoms with van der Waals surface area (Å²) in [6.07, 6.45) is -1.02. The van der Waals surface area contributed by atoms with Crippen LogP contribution < -0.4 is 0 Å². The molecule has 0 aliphatic heterocycles. The van der Waals surface area contributed by atoms with Crippen LogP contribution in [0, 0.1) is 0 Å². The Kier molecular flexibility index (Phi) is 5.73. The van der Waals surface area contributed by atoms with Gasteiger partial charge in [0.05, 0.1) is 16.2 Å². The van der Waals surface area contributed by atoms with Gasteiger partial charge >= 0.3 is 0 Å². The van der Waals surface area contributed by atoms with Crippen molar-refractivity contribution in [3.8, 4) is 0 Å². The van der Waals surface area contributed by atoms with E-state index in [0.717, 1.165) is 0 Å². The summed E-state index contributed by atoms with van der Waals surface area (Å²) in [6, 6.07) is 31.5. The van der Waals surface area contributed by atoms with Crippen molar-refractivity contribution in [3.63, 3.8) is 0 Å². The van der Waals surface area contributed by atoms with E-state index in [1.807, 2.05) is 91.0 Å². The molecule has 5 rings (SSSR count). The van der Waals surface area contributed by atoms with E-state index < -0.39 is 11.7 Å². The van der Waals surface area contributed by atoms with Gasteiger partial charge in [-0.1, -0.05) is 114 Å². The lowest BCUT2D eigenvalue weighted by Crippen LogP contribution is -2.31. The highest BCUT2D eigenvalue weighted by atomic mass is 35.5. The molecule has 1 unspecified atom stereocenters. The van der Waals surface area contributed by atoms with Crippen LogP contribution in [0.15, 0.2) is 103 Å². The van der Waals surface area contributed by atoms with Crippen LogP contribution in [0.1, 0.15) is 34.1 Å². The molecule has 164 valence electrons. The van der Waals surface area contributed by atoms with Crippen LogP contribution >= 0.6 is 23.2 Å². The molecule has 4 aromatic carbocycles. The second-order valence-electron chi connectivity index (χ2n) is 7.98. The van der Waals surface area contributed by atoms with Gasteiger partial charge in [-0.25, -0.2) is 0 Å². The summed E-state index contributed by atoms with van der Waals surface area (Å²) in [5, 5.41) is 25.5. The van der Waals surface area contributed by atoms with Gasteiger partial charge < -0.3 is 15.2 Å². The number of halogens is 2. The molecular formula is C28H21Cl2NO2. The highest BCUT2D eigenvalue weighted by Gasteiger charge is 2.40. The number of nitrogens with one attached hydrogen (secondary N) is 1. The predicted octanol–water partition coefficient (Wildman–Crippen LogP) is 6.84. The Morgan fingerprint density at radius 2 is 1.24 bits per heavy atom. The van der Waals surface area contributed by atoms with Crippen LogP contribution in [0.3, 0.4) is 0 Å². The van der Waals surface area contributed by atoms with E-state index in [1.165, 1.54) is 0 Å². The van der Waals surface area contributed by atoms with Gasteiger partial charge in [0.2, 0.25) is 0 Å². The first-order valence-corrected chi connectivity index (χ1v) is 11.3. The number of aliphatic hydroxyl groups is 2. The number of rotatable bonds is 5. The van der Waals surface area contributed by atoms with Gasteiger partial charge in [0.15, 0.2) is 5.60 Å². The molecule has 1 heterocycles. The maximum Gasteiger partial charge on any atom is 0.155 e. The summed E-state index contributed by atoms with van der Waals surface area (Å²) < 4.78 is 0. The Balaban J connectivity index is 1.89. The minimum atomic E-state index is -1.58. The second-order valence-corrected chi connectivity index (χ2v) is 8.82. The molecule has 3 nitrogen and oxygen atoms in total. The molecule has 0 aliphatic rings. The number of fused-ring (bicyclic) bond motifs is 1. The average molecular weight is 474 g/mol. The first-order chi connectivity index (χ1) is 16.0. The first kappa shape index (κ1) is 21.7. The van der Waals surface area contributed by atoms with Crippen molar-refractivity contribution < 1.29 is 10.2 Å². The lowest BCUT2D eigenvalue weighted by molar-refractivity contribution is 0.116. The zero-order chi connectivity index (χ0) is 23.0. The van der Waals surface area contributed by atoms with Crippen molar-refractivity contribution in [1.29, 1.82) is 0 Å². The molecule has 0 radical (unpaired) electrons. The van der Waals surface area contributed by atoms with Crippen molar-refractivity contribution in [2.75, 3.05) is 0 Å². The Morgan fingerprint density at radius 3 is 1.79 bits per heavy atom. The van der Waals surface area contributed by atoms with Crippen molar-refractivity contribution >= 4 is 34.1 Å². The topological polar surface area (TPSA) is 56.2 Å². The van der Waals surface area contributed by atoms with Gasteiger partial charge in [0, 0.05) is 16.0 Å². The molecule has 0 bridgehead atoms. The minimum absolute atomic E-state index is 0.411. The molecule has 0 aliphatic carbocycles. The second kappa shape index (κ2) is 8.69. The predicted molar refractivity (Wildman–Crippen MR) is 134 cm³/mol. The monoisotopic (exact) mass is 473 g/mol. The van der Waals surface area contributed by atoms with Crippen molar-refractivity contribution in [2.24, 2.45) is 0 Å². The number of aromatic nitrogens is 1. The number of aliphatic hydroxyl groups excluding tert-OH is 1. The summed E-state index contributed by atoms with van der Waals surface area (Å²) in [5.74, 6) is 0. The van der Waals surface area contributed by atoms with Gasteiger partial charge in [-0.15, -0.1) is 0 Å². The van der Waals surface area contributed by atoms with E-state index in [1.54, 1.807) is 12.1 Å². The number of H-pyrrole nitrogens is 1. The standard InChI is InChI=1S/C28H21Cl2NO2/c29-21-16-22-24(26(32)18-10-4-1-5-11-18)27(31-25(22)23(30)17-21)28(33,19-12-6-2-7-13-19)20-14-8-3-9-15-20/h1-17,26,31-33H. The Bertz CT molecular complexity index is 1360. The number of benzene rings is 4. The SMILES string of the molecule is OC(c1ccccc1)c1c(C(O)(c2ccccc2)c2ccccc2)[nH]c2c(Cl)cc(Cl)cc12. The van der Waals surface area contributed by atoms with Crippen LogP contribution in [0.2, 0.25) is 10.0 Å². The summed E-state index contributed by atoms with van der Waals surface area (Å²) >= 11 is 12.9. The van der Waals surface area contributed by atoms with Crippen LogP contribution in [0.25, 0.3) is 10.9 Å². The fourth-order valence-electron chi connectivity index (χ4n) is 4.43. The molecule has 0 fully saturated rings. The lowest BCUT2D eigenvalue weighted by atomic mass is 9.80. The molecule has 0 amide bonds. The molecule has 5 aromatic rings.